The highest BCUT2D eigenvalue weighted by molar-refractivity contribution is 6.31. The molecule has 17 heavy (non-hydrogen) atoms. The number of allylic oxidation sites excluding steroid dienone is 2. The molecule has 0 saturated carbocycles. The summed E-state index contributed by atoms with van der Waals surface area (Å²) in [5.41, 5.74) is 0.689. The van der Waals surface area contributed by atoms with Gasteiger partial charge in [0, 0.05) is 11.4 Å². The molecular formula is C14H16ClFO. The van der Waals surface area contributed by atoms with E-state index in [0.717, 1.165) is 19.3 Å². The highest BCUT2D eigenvalue weighted by Crippen LogP contribution is 2.26. The zero-order valence-electron chi connectivity index (χ0n) is 9.57. The molecule has 2 rings (SSSR count). The van der Waals surface area contributed by atoms with Crippen molar-refractivity contribution < 1.29 is 9.50 Å². The van der Waals surface area contributed by atoms with E-state index in [9.17, 15) is 9.50 Å². The molecule has 0 saturated heterocycles. The Balaban J connectivity index is 2.04. The number of rotatable bonds is 3. The number of aliphatic hydroxyl groups excluding tert-OH is 1. The summed E-state index contributed by atoms with van der Waals surface area (Å²) in [6.07, 6.45) is 7.12. The smallest absolute Gasteiger partial charge is 0.123 e. The molecule has 2 atom stereocenters. The van der Waals surface area contributed by atoms with Gasteiger partial charge in [-0.05, 0) is 48.9 Å². The molecule has 92 valence electrons. The van der Waals surface area contributed by atoms with Gasteiger partial charge in [0.05, 0.1) is 6.10 Å². The lowest BCUT2D eigenvalue weighted by Crippen LogP contribution is -2.23. The summed E-state index contributed by atoms with van der Waals surface area (Å²) in [5, 5.41) is 10.7. The first kappa shape index (κ1) is 12.6. The highest BCUT2D eigenvalue weighted by Gasteiger charge is 2.20. The number of aliphatic hydroxyl groups is 1. The lowest BCUT2D eigenvalue weighted by molar-refractivity contribution is 0.102. The van der Waals surface area contributed by atoms with Crippen LogP contribution in [0.15, 0.2) is 30.4 Å². The molecule has 0 bridgehead atoms. The SMILES string of the molecule is OC(Cc1cc(F)ccc1Cl)C1CC=CCC1. The van der Waals surface area contributed by atoms with Crippen molar-refractivity contribution in [3.8, 4) is 0 Å². The number of hydrogen-bond donors (Lipinski definition) is 1. The second-order valence-electron chi connectivity index (χ2n) is 4.55. The van der Waals surface area contributed by atoms with Gasteiger partial charge in [-0.25, -0.2) is 4.39 Å². The van der Waals surface area contributed by atoms with Gasteiger partial charge in [0.1, 0.15) is 5.82 Å². The predicted octanol–water partition coefficient (Wildman–Crippen LogP) is 3.74. The lowest BCUT2D eigenvalue weighted by Gasteiger charge is -2.24. The molecule has 0 aliphatic heterocycles. The summed E-state index contributed by atoms with van der Waals surface area (Å²) >= 11 is 5.99. The van der Waals surface area contributed by atoms with E-state index in [1.165, 1.54) is 12.1 Å². The van der Waals surface area contributed by atoms with Crippen LogP contribution < -0.4 is 0 Å². The van der Waals surface area contributed by atoms with Crippen LogP contribution in [0.5, 0.6) is 0 Å². The molecule has 0 heterocycles. The van der Waals surface area contributed by atoms with Gasteiger partial charge in [0.2, 0.25) is 0 Å². The Hall–Kier alpha value is -0.860. The summed E-state index contributed by atoms with van der Waals surface area (Å²) < 4.78 is 13.1. The van der Waals surface area contributed by atoms with Crippen LogP contribution in [-0.2, 0) is 6.42 Å². The first-order valence-electron chi connectivity index (χ1n) is 5.94. The van der Waals surface area contributed by atoms with Crippen LogP contribution in [0.3, 0.4) is 0 Å². The molecule has 1 nitrogen and oxygen atoms in total. The van der Waals surface area contributed by atoms with Crippen LogP contribution in [0.2, 0.25) is 5.02 Å². The van der Waals surface area contributed by atoms with E-state index >= 15 is 0 Å². The Bertz CT molecular complexity index is 417. The van der Waals surface area contributed by atoms with Crippen molar-refractivity contribution in [3.05, 3.63) is 46.8 Å². The minimum absolute atomic E-state index is 0.263. The largest absolute Gasteiger partial charge is 0.392 e. The zero-order valence-corrected chi connectivity index (χ0v) is 10.3. The molecule has 0 aromatic heterocycles. The third-order valence-electron chi connectivity index (χ3n) is 3.29. The molecule has 1 N–H and O–H groups in total. The Labute approximate surface area is 106 Å². The van der Waals surface area contributed by atoms with Crippen LogP contribution in [0.25, 0.3) is 0 Å². The van der Waals surface area contributed by atoms with Gasteiger partial charge >= 0.3 is 0 Å². The number of halogens is 2. The van der Waals surface area contributed by atoms with Crippen LogP contribution in [-0.4, -0.2) is 11.2 Å². The lowest BCUT2D eigenvalue weighted by atomic mass is 9.86. The van der Waals surface area contributed by atoms with Crippen LogP contribution >= 0.6 is 11.6 Å². The first-order valence-corrected chi connectivity index (χ1v) is 6.31. The minimum atomic E-state index is -0.445. The molecule has 1 aliphatic carbocycles. The van der Waals surface area contributed by atoms with E-state index < -0.39 is 6.10 Å². The van der Waals surface area contributed by atoms with Crippen LogP contribution in [0.1, 0.15) is 24.8 Å². The molecule has 1 aromatic carbocycles. The topological polar surface area (TPSA) is 20.2 Å². The Morgan fingerprint density at radius 2 is 2.24 bits per heavy atom. The summed E-state index contributed by atoms with van der Waals surface area (Å²) in [7, 11) is 0. The highest BCUT2D eigenvalue weighted by atomic mass is 35.5. The van der Waals surface area contributed by atoms with E-state index in [1.54, 1.807) is 6.07 Å². The standard InChI is InChI=1S/C14H16ClFO/c15-13-7-6-12(16)8-11(13)9-14(17)10-4-2-1-3-5-10/h1-2,6-8,10,14,17H,3-5,9H2. The van der Waals surface area contributed by atoms with Crippen LogP contribution in [0.4, 0.5) is 4.39 Å². The summed E-state index contributed by atoms with van der Waals surface area (Å²) in [4.78, 5) is 0. The van der Waals surface area contributed by atoms with Crippen molar-refractivity contribution in [2.75, 3.05) is 0 Å². The molecule has 3 heteroatoms. The van der Waals surface area contributed by atoms with Crippen molar-refractivity contribution in [3.63, 3.8) is 0 Å². The fourth-order valence-corrected chi connectivity index (χ4v) is 2.45. The Morgan fingerprint density at radius 1 is 1.41 bits per heavy atom. The second-order valence-corrected chi connectivity index (χ2v) is 4.96. The maximum atomic E-state index is 13.1. The normalized spacial score (nSPS) is 21.5. The van der Waals surface area contributed by atoms with E-state index in [1.807, 2.05) is 0 Å². The van der Waals surface area contributed by atoms with Crippen molar-refractivity contribution in [2.24, 2.45) is 5.92 Å². The maximum absolute atomic E-state index is 13.1. The average Bonchev–Trinajstić information content (AvgIpc) is 2.35. The van der Waals surface area contributed by atoms with E-state index in [2.05, 4.69) is 12.2 Å². The second kappa shape index (κ2) is 5.65. The zero-order chi connectivity index (χ0) is 12.3. The van der Waals surface area contributed by atoms with Gasteiger partial charge < -0.3 is 5.11 Å². The van der Waals surface area contributed by atoms with Gasteiger partial charge in [-0.15, -0.1) is 0 Å². The number of hydrogen-bond acceptors (Lipinski definition) is 1. The molecule has 1 aromatic rings. The fourth-order valence-electron chi connectivity index (χ4n) is 2.26. The quantitative estimate of drug-likeness (QED) is 0.815. The molecule has 0 radical (unpaired) electrons. The van der Waals surface area contributed by atoms with E-state index in [-0.39, 0.29) is 11.7 Å². The third-order valence-corrected chi connectivity index (χ3v) is 3.66. The van der Waals surface area contributed by atoms with Crippen LogP contribution in [0, 0.1) is 11.7 Å². The fraction of sp³-hybridized carbons (Fsp3) is 0.429. The van der Waals surface area contributed by atoms with Gasteiger partial charge in [0.25, 0.3) is 0 Å². The monoisotopic (exact) mass is 254 g/mol. The van der Waals surface area contributed by atoms with Crippen molar-refractivity contribution in [2.45, 2.75) is 31.8 Å². The third kappa shape index (κ3) is 3.30. The van der Waals surface area contributed by atoms with Gasteiger partial charge in [-0.3, -0.25) is 0 Å². The predicted molar refractivity (Wildman–Crippen MR) is 67.6 cm³/mol. The van der Waals surface area contributed by atoms with Crippen molar-refractivity contribution in [1.29, 1.82) is 0 Å². The molecule has 0 amide bonds. The molecule has 0 spiro atoms. The Morgan fingerprint density at radius 3 is 2.94 bits per heavy atom. The Kier molecular flexibility index (Phi) is 4.19. The maximum Gasteiger partial charge on any atom is 0.123 e. The van der Waals surface area contributed by atoms with E-state index in [0.29, 0.717) is 17.0 Å². The first-order chi connectivity index (χ1) is 8.16. The average molecular weight is 255 g/mol. The van der Waals surface area contributed by atoms with Gasteiger partial charge in [-0.2, -0.15) is 0 Å². The van der Waals surface area contributed by atoms with Gasteiger partial charge in [-0.1, -0.05) is 23.8 Å². The molecular weight excluding hydrogens is 239 g/mol. The molecule has 2 unspecified atom stereocenters. The summed E-state index contributed by atoms with van der Waals surface area (Å²) in [6, 6.07) is 4.28. The summed E-state index contributed by atoms with van der Waals surface area (Å²) in [5.74, 6) is -0.0422. The van der Waals surface area contributed by atoms with Crippen molar-refractivity contribution in [1.82, 2.24) is 0 Å². The van der Waals surface area contributed by atoms with Gasteiger partial charge in [0.15, 0.2) is 0 Å². The molecule has 0 fully saturated rings. The summed E-state index contributed by atoms with van der Waals surface area (Å²) in [6.45, 7) is 0. The minimum Gasteiger partial charge on any atom is -0.392 e. The van der Waals surface area contributed by atoms with Crippen molar-refractivity contribution >= 4 is 11.6 Å². The number of benzene rings is 1. The molecule has 1 aliphatic rings. The van der Waals surface area contributed by atoms with E-state index in [4.69, 9.17) is 11.6 Å².